The van der Waals surface area contributed by atoms with Crippen molar-refractivity contribution < 1.29 is 13.9 Å². The minimum Gasteiger partial charge on any atom is -0.503 e. The van der Waals surface area contributed by atoms with Crippen LogP contribution in [0.1, 0.15) is 24.8 Å². The molecule has 0 spiro atoms. The van der Waals surface area contributed by atoms with E-state index in [1.54, 1.807) is 0 Å². The lowest BCUT2D eigenvalue weighted by atomic mass is 10.1. The van der Waals surface area contributed by atoms with Gasteiger partial charge in [0.25, 0.3) is 0 Å². The van der Waals surface area contributed by atoms with Crippen molar-refractivity contribution in [2.45, 2.75) is 37.9 Å². The molecule has 0 saturated carbocycles. The average molecular weight is 268 g/mol. The maximum Gasteiger partial charge on any atom is 0.187 e. The zero-order valence-corrected chi connectivity index (χ0v) is 10.7. The number of phenols is 1. The zero-order chi connectivity index (χ0) is 13.4. The summed E-state index contributed by atoms with van der Waals surface area (Å²) in [5, 5.41) is 12.4. The van der Waals surface area contributed by atoms with Crippen LogP contribution in [0.2, 0.25) is 0 Å². The van der Waals surface area contributed by atoms with Gasteiger partial charge < -0.3 is 10.4 Å². The molecule has 104 valence electrons. The molecule has 0 amide bonds. The zero-order valence-electron chi connectivity index (χ0n) is 10.7. The van der Waals surface area contributed by atoms with Crippen LogP contribution < -0.4 is 5.32 Å². The number of fused-ring (bicyclic) bond motifs is 1. The van der Waals surface area contributed by atoms with E-state index in [4.69, 9.17) is 5.11 Å². The highest BCUT2D eigenvalue weighted by molar-refractivity contribution is 5.30. The third-order valence-corrected chi connectivity index (χ3v) is 4.25. The Morgan fingerprint density at radius 2 is 1.95 bits per heavy atom. The van der Waals surface area contributed by atoms with Gasteiger partial charge in [0.1, 0.15) is 0 Å². The second kappa shape index (κ2) is 5.06. The number of halogens is 2. The van der Waals surface area contributed by atoms with Gasteiger partial charge >= 0.3 is 0 Å². The van der Waals surface area contributed by atoms with E-state index >= 15 is 0 Å². The smallest absolute Gasteiger partial charge is 0.187 e. The number of aromatic hydroxyl groups is 1. The van der Waals surface area contributed by atoms with Gasteiger partial charge in [0.05, 0.1) is 0 Å². The van der Waals surface area contributed by atoms with Gasteiger partial charge in [-0.25, -0.2) is 8.78 Å². The predicted octanol–water partition coefficient (Wildman–Crippen LogP) is 2.00. The maximum absolute atomic E-state index is 13.2. The van der Waals surface area contributed by atoms with Crippen molar-refractivity contribution >= 4 is 0 Å². The largest absolute Gasteiger partial charge is 0.503 e. The van der Waals surface area contributed by atoms with Crippen molar-refractivity contribution in [2.24, 2.45) is 0 Å². The molecule has 3 rings (SSSR count). The van der Waals surface area contributed by atoms with Crippen LogP contribution in [-0.2, 0) is 6.54 Å². The fourth-order valence-electron chi connectivity index (χ4n) is 3.29. The summed E-state index contributed by atoms with van der Waals surface area (Å²) in [6.07, 6.45) is 3.54. The van der Waals surface area contributed by atoms with Crippen molar-refractivity contribution in [3.63, 3.8) is 0 Å². The average Bonchev–Trinajstić information content (AvgIpc) is 2.96. The number of phenolic OH excluding ortho intramolecular Hbond substituents is 1. The number of hydrogen-bond donors (Lipinski definition) is 2. The van der Waals surface area contributed by atoms with Crippen LogP contribution in [0.5, 0.6) is 5.75 Å². The fraction of sp³-hybridized carbons (Fsp3) is 0.571. The monoisotopic (exact) mass is 268 g/mol. The first-order valence-electron chi connectivity index (χ1n) is 6.79. The van der Waals surface area contributed by atoms with Gasteiger partial charge in [-0.3, -0.25) is 4.90 Å². The minimum absolute atomic E-state index is 0.405. The predicted molar refractivity (Wildman–Crippen MR) is 67.9 cm³/mol. The van der Waals surface area contributed by atoms with Crippen LogP contribution in [0, 0.1) is 11.6 Å². The molecule has 3 nitrogen and oxygen atoms in total. The van der Waals surface area contributed by atoms with Crippen LogP contribution in [0.3, 0.4) is 0 Å². The van der Waals surface area contributed by atoms with Crippen molar-refractivity contribution in [1.82, 2.24) is 10.2 Å². The van der Waals surface area contributed by atoms with Crippen LogP contribution in [0.15, 0.2) is 12.1 Å². The van der Waals surface area contributed by atoms with Crippen molar-refractivity contribution in [1.29, 1.82) is 0 Å². The molecule has 0 aromatic heterocycles. The summed E-state index contributed by atoms with van der Waals surface area (Å²) in [7, 11) is 0. The molecular formula is C14H18F2N2O. The van der Waals surface area contributed by atoms with E-state index in [-0.39, 0.29) is 0 Å². The molecule has 2 aliphatic rings. The second-order valence-electron chi connectivity index (χ2n) is 5.43. The molecule has 5 heteroatoms. The number of nitrogens with zero attached hydrogens (tertiary/aromatic N) is 1. The first-order chi connectivity index (χ1) is 9.15. The highest BCUT2D eigenvalue weighted by Gasteiger charge is 2.36. The Morgan fingerprint density at radius 3 is 2.68 bits per heavy atom. The summed E-state index contributed by atoms with van der Waals surface area (Å²) in [5.74, 6) is -2.69. The summed E-state index contributed by atoms with van der Waals surface area (Å²) in [4.78, 5) is 2.48. The molecule has 0 radical (unpaired) electrons. The fourth-order valence-corrected chi connectivity index (χ4v) is 3.29. The van der Waals surface area contributed by atoms with Gasteiger partial charge in [0, 0.05) is 25.2 Å². The second-order valence-corrected chi connectivity index (χ2v) is 5.43. The Labute approximate surface area is 111 Å². The Balaban J connectivity index is 1.63. The van der Waals surface area contributed by atoms with Gasteiger partial charge in [0.15, 0.2) is 17.4 Å². The van der Waals surface area contributed by atoms with Crippen LogP contribution in [-0.4, -0.2) is 35.2 Å². The molecule has 2 N–H and O–H groups in total. The van der Waals surface area contributed by atoms with Gasteiger partial charge in [-0.05, 0) is 43.5 Å². The number of hydrogen-bond acceptors (Lipinski definition) is 3. The van der Waals surface area contributed by atoms with E-state index in [2.05, 4.69) is 10.2 Å². The normalized spacial score (nSPS) is 26.8. The Hall–Kier alpha value is -1.20. The first-order valence-corrected chi connectivity index (χ1v) is 6.79. The highest BCUT2D eigenvalue weighted by Crippen LogP contribution is 2.28. The standard InChI is InChI=1S/C14H18F2N2O/c15-10-6-9(7-11(16)14(10)19)8-17-12-3-5-18-4-1-2-13(12)18/h6-7,12-13,17,19H,1-5,8H2. The van der Waals surface area contributed by atoms with Gasteiger partial charge in [-0.2, -0.15) is 0 Å². The summed E-state index contributed by atoms with van der Waals surface area (Å²) in [5.41, 5.74) is 0.532. The summed E-state index contributed by atoms with van der Waals surface area (Å²) < 4.78 is 26.5. The maximum atomic E-state index is 13.2. The van der Waals surface area contributed by atoms with E-state index in [0.717, 1.165) is 13.0 Å². The SMILES string of the molecule is Oc1c(F)cc(CNC2CCN3CCCC23)cc1F. The summed E-state index contributed by atoms with van der Waals surface area (Å²) >= 11 is 0. The Morgan fingerprint density at radius 1 is 1.21 bits per heavy atom. The molecule has 2 aliphatic heterocycles. The third-order valence-electron chi connectivity index (χ3n) is 4.25. The molecule has 1 aromatic carbocycles. The van der Waals surface area contributed by atoms with Gasteiger partial charge in [0.2, 0.25) is 0 Å². The number of rotatable bonds is 3. The molecule has 2 atom stereocenters. The minimum atomic E-state index is -0.897. The molecule has 2 unspecified atom stereocenters. The Bertz CT molecular complexity index is 458. The molecule has 1 aromatic rings. The first kappa shape index (κ1) is 12.8. The number of nitrogens with one attached hydrogen (secondary N) is 1. The van der Waals surface area contributed by atoms with Crippen LogP contribution in [0.4, 0.5) is 8.78 Å². The lowest BCUT2D eigenvalue weighted by molar-refractivity contribution is 0.298. The van der Waals surface area contributed by atoms with E-state index in [9.17, 15) is 8.78 Å². The summed E-state index contributed by atoms with van der Waals surface area (Å²) in [6, 6.07) is 3.36. The van der Waals surface area contributed by atoms with E-state index in [0.29, 0.717) is 24.2 Å². The lowest BCUT2D eigenvalue weighted by Gasteiger charge is -2.21. The molecule has 0 bridgehead atoms. The van der Waals surface area contributed by atoms with Crippen molar-refractivity contribution in [3.05, 3.63) is 29.3 Å². The highest BCUT2D eigenvalue weighted by atomic mass is 19.1. The molecular weight excluding hydrogens is 250 g/mol. The Kier molecular flexibility index (Phi) is 3.41. The van der Waals surface area contributed by atoms with Crippen LogP contribution in [0.25, 0.3) is 0 Å². The lowest BCUT2D eigenvalue weighted by Crippen LogP contribution is -2.38. The van der Waals surface area contributed by atoms with E-state index in [1.807, 2.05) is 0 Å². The number of benzene rings is 1. The molecule has 2 fully saturated rings. The van der Waals surface area contributed by atoms with Crippen molar-refractivity contribution in [3.8, 4) is 5.75 Å². The van der Waals surface area contributed by atoms with Gasteiger partial charge in [-0.15, -0.1) is 0 Å². The quantitative estimate of drug-likeness (QED) is 0.880. The topological polar surface area (TPSA) is 35.5 Å². The molecule has 19 heavy (non-hydrogen) atoms. The van der Waals surface area contributed by atoms with Crippen molar-refractivity contribution in [2.75, 3.05) is 13.1 Å². The van der Waals surface area contributed by atoms with Gasteiger partial charge in [-0.1, -0.05) is 0 Å². The van der Waals surface area contributed by atoms with E-state index in [1.165, 1.54) is 31.5 Å². The van der Waals surface area contributed by atoms with Crippen LogP contribution >= 0.6 is 0 Å². The molecule has 2 heterocycles. The molecule has 0 aliphatic carbocycles. The summed E-state index contributed by atoms with van der Waals surface area (Å²) in [6.45, 7) is 2.72. The van der Waals surface area contributed by atoms with E-state index < -0.39 is 17.4 Å². The molecule has 2 saturated heterocycles. The third kappa shape index (κ3) is 2.44.